The third-order valence-electron chi connectivity index (χ3n) is 2.09. The molecule has 16 heavy (non-hydrogen) atoms. The normalized spacial score (nSPS) is 12.1. The second-order valence-electron chi connectivity index (χ2n) is 3.65. The minimum atomic E-state index is -0.184. The summed E-state index contributed by atoms with van der Waals surface area (Å²) in [5, 5.41) is 0. The molecule has 0 aromatic heterocycles. The zero-order valence-corrected chi connectivity index (χ0v) is 9.81. The largest absolute Gasteiger partial charge is 0.460 e. The van der Waals surface area contributed by atoms with E-state index in [-0.39, 0.29) is 12.1 Å². The smallest absolute Gasteiger partial charge is 0.305 e. The molecule has 3 nitrogen and oxygen atoms in total. The van der Waals surface area contributed by atoms with Gasteiger partial charge >= 0.3 is 5.97 Å². The fourth-order valence-electron chi connectivity index (χ4n) is 1.26. The summed E-state index contributed by atoms with van der Waals surface area (Å²) < 4.78 is 10.5. The predicted molar refractivity (Wildman–Crippen MR) is 61.9 cm³/mol. The average molecular weight is 222 g/mol. The quantitative estimate of drug-likeness (QED) is 0.694. The minimum absolute atomic E-state index is 0.184. The molecule has 0 aliphatic heterocycles. The fourth-order valence-corrected chi connectivity index (χ4v) is 1.26. The lowest BCUT2D eigenvalue weighted by Gasteiger charge is -2.12. The molecule has 1 unspecified atom stereocenters. The summed E-state index contributed by atoms with van der Waals surface area (Å²) in [5.41, 5.74) is 1.12. The molecule has 0 bridgehead atoms. The number of carbonyl (C=O) groups is 1. The summed E-state index contributed by atoms with van der Waals surface area (Å²) in [6.07, 6.45) is 0.222. The van der Waals surface area contributed by atoms with E-state index < -0.39 is 0 Å². The van der Waals surface area contributed by atoms with Gasteiger partial charge in [-0.25, -0.2) is 0 Å². The van der Waals surface area contributed by atoms with Gasteiger partial charge in [-0.3, -0.25) is 4.79 Å². The van der Waals surface area contributed by atoms with E-state index in [9.17, 15) is 4.79 Å². The van der Waals surface area contributed by atoms with Gasteiger partial charge in [-0.15, -0.1) is 0 Å². The van der Waals surface area contributed by atoms with E-state index >= 15 is 0 Å². The molecule has 88 valence electrons. The molecule has 0 spiro atoms. The molecule has 0 aliphatic carbocycles. The van der Waals surface area contributed by atoms with Gasteiger partial charge in [-0.05, 0) is 12.5 Å². The van der Waals surface area contributed by atoms with Crippen LogP contribution in [0.3, 0.4) is 0 Å². The van der Waals surface area contributed by atoms with Crippen molar-refractivity contribution in [1.82, 2.24) is 0 Å². The predicted octanol–water partition coefficient (Wildman–Crippen LogP) is 2.54. The van der Waals surface area contributed by atoms with Crippen molar-refractivity contribution in [3.63, 3.8) is 0 Å². The van der Waals surface area contributed by atoms with Crippen molar-refractivity contribution in [2.24, 2.45) is 0 Å². The maximum Gasteiger partial charge on any atom is 0.305 e. The summed E-state index contributed by atoms with van der Waals surface area (Å²) in [6, 6.07) is 9.92. The van der Waals surface area contributed by atoms with E-state index in [0.29, 0.717) is 19.6 Å². The maximum absolute atomic E-state index is 11.0. The molecule has 0 fully saturated rings. The van der Waals surface area contributed by atoms with E-state index in [0.717, 1.165) is 5.56 Å². The zero-order chi connectivity index (χ0) is 11.8. The first-order chi connectivity index (χ1) is 7.72. The van der Waals surface area contributed by atoms with E-state index in [2.05, 4.69) is 0 Å². The molecule has 3 heteroatoms. The van der Waals surface area contributed by atoms with Crippen LogP contribution in [-0.4, -0.2) is 18.7 Å². The van der Waals surface area contributed by atoms with Crippen LogP contribution < -0.4 is 0 Å². The van der Waals surface area contributed by atoms with Gasteiger partial charge in [0.2, 0.25) is 0 Å². The lowest BCUT2D eigenvalue weighted by Crippen LogP contribution is -2.19. The van der Waals surface area contributed by atoms with Crippen molar-refractivity contribution < 1.29 is 14.3 Å². The lowest BCUT2D eigenvalue weighted by atomic mass is 10.2. The monoisotopic (exact) mass is 222 g/mol. The third-order valence-corrected chi connectivity index (χ3v) is 2.09. The van der Waals surface area contributed by atoms with E-state index in [1.807, 2.05) is 37.3 Å². The van der Waals surface area contributed by atoms with Gasteiger partial charge in [-0.2, -0.15) is 0 Å². The highest BCUT2D eigenvalue weighted by atomic mass is 16.6. The van der Waals surface area contributed by atoms with Crippen LogP contribution in [0.25, 0.3) is 0 Å². The Hall–Kier alpha value is -1.35. The van der Waals surface area contributed by atoms with Gasteiger partial charge in [0.25, 0.3) is 0 Å². The van der Waals surface area contributed by atoms with Crippen molar-refractivity contribution in [3.8, 4) is 0 Å². The highest BCUT2D eigenvalue weighted by Crippen LogP contribution is 2.02. The maximum atomic E-state index is 11.0. The van der Waals surface area contributed by atoms with Crippen molar-refractivity contribution in [2.45, 2.75) is 33.0 Å². The molecule has 0 saturated heterocycles. The van der Waals surface area contributed by atoms with E-state index in [1.54, 1.807) is 6.92 Å². The molecule has 1 aromatic carbocycles. The molecule has 0 heterocycles. The average Bonchev–Trinajstić information content (AvgIpc) is 2.30. The van der Waals surface area contributed by atoms with Crippen molar-refractivity contribution >= 4 is 5.97 Å². The van der Waals surface area contributed by atoms with Crippen molar-refractivity contribution in [2.75, 3.05) is 6.61 Å². The van der Waals surface area contributed by atoms with E-state index in [4.69, 9.17) is 9.47 Å². The molecule has 0 N–H and O–H groups in total. The van der Waals surface area contributed by atoms with Crippen LogP contribution in [0, 0.1) is 0 Å². The van der Waals surface area contributed by atoms with E-state index in [1.165, 1.54) is 0 Å². The Morgan fingerprint density at radius 3 is 2.62 bits per heavy atom. The van der Waals surface area contributed by atoms with Crippen LogP contribution in [0.2, 0.25) is 0 Å². The van der Waals surface area contributed by atoms with Gasteiger partial charge in [0.1, 0.15) is 6.10 Å². The van der Waals surface area contributed by atoms with Crippen LogP contribution in [0.15, 0.2) is 30.3 Å². The Morgan fingerprint density at radius 2 is 2.00 bits per heavy atom. The fraction of sp³-hybridized carbons (Fsp3) is 0.462. The summed E-state index contributed by atoms with van der Waals surface area (Å²) in [4.78, 5) is 11.0. The second-order valence-corrected chi connectivity index (χ2v) is 3.65. The number of hydrogen-bond donors (Lipinski definition) is 0. The molecule has 0 saturated carbocycles. The van der Waals surface area contributed by atoms with Crippen molar-refractivity contribution in [1.29, 1.82) is 0 Å². The minimum Gasteiger partial charge on any atom is -0.460 e. The molecule has 1 aromatic rings. The third kappa shape index (κ3) is 4.94. The van der Waals surface area contributed by atoms with Crippen LogP contribution in [0.1, 0.15) is 25.8 Å². The van der Waals surface area contributed by atoms with Gasteiger partial charge in [-0.1, -0.05) is 37.3 Å². The summed E-state index contributed by atoms with van der Waals surface area (Å²) in [7, 11) is 0. The molecule has 0 aliphatic rings. The molecule has 1 rings (SSSR count). The van der Waals surface area contributed by atoms with Crippen LogP contribution in [0.4, 0.5) is 0 Å². The number of esters is 1. The molecule has 0 amide bonds. The Labute approximate surface area is 96.4 Å². The molecule has 1 atom stereocenters. The number of carbonyl (C=O) groups excluding carboxylic acids is 1. The SMILES string of the molecule is CCC(=O)OC(C)COCc1ccccc1. The first kappa shape index (κ1) is 12.7. The molecular weight excluding hydrogens is 204 g/mol. The van der Waals surface area contributed by atoms with Gasteiger partial charge in [0.05, 0.1) is 13.2 Å². The molecule has 0 radical (unpaired) electrons. The van der Waals surface area contributed by atoms with Crippen LogP contribution in [-0.2, 0) is 20.9 Å². The first-order valence-electron chi connectivity index (χ1n) is 5.53. The van der Waals surface area contributed by atoms with Crippen LogP contribution >= 0.6 is 0 Å². The highest BCUT2D eigenvalue weighted by Gasteiger charge is 2.07. The number of hydrogen-bond acceptors (Lipinski definition) is 3. The van der Waals surface area contributed by atoms with Gasteiger partial charge in [0, 0.05) is 6.42 Å². The Morgan fingerprint density at radius 1 is 1.31 bits per heavy atom. The topological polar surface area (TPSA) is 35.5 Å². The lowest BCUT2D eigenvalue weighted by molar-refractivity contribution is -0.150. The van der Waals surface area contributed by atoms with Gasteiger partial charge in [0.15, 0.2) is 0 Å². The Bertz CT molecular complexity index is 308. The summed E-state index contributed by atoms with van der Waals surface area (Å²) >= 11 is 0. The summed E-state index contributed by atoms with van der Waals surface area (Å²) in [5.74, 6) is -0.184. The second kappa shape index (κ2) is 7.01. The van der Waals surface area contributed by atoms with Crippen LogP contribution in [0.5, 0.6) is 0 Å². The summed E-state index contributed by atoms with van der Waals surface area (Å²) in [6.45, 7) is 4.59. The van der Waals surface area contributed by atoms with Crippen molar-refractivity contribution in [3.05, 3.63) is 35.9 Å². The Kier molecular flexibility index (Phi) is 5.57. The highest BCUT2D eigenvalue weighted by molar-refractivity contribution is 5.69. The standard InChI is InChI=1S/C13H18O3/c1-3-13(14)16-11(2)9-15-10-12-7-5-4-6-8-12/h4-8,11H,3,9-10H2,1-2H3. The van der Waals surface area contributed by atoms with Gasteiger partial charge < -0.3 is 9.47 Å². The number of benzene rings is 1. The number of rotatable bonds is 6. The zero-order valence-electron chi connectivity index (χ0n) is 9.81. The molecular formula is C13H18O3. The number of ether oxygens (including phenoxy) is 2. The first-order valence-corrected chi connectivity index (χ1v) is 5.53. The Balaban J connectivity index is 2.18.